The van der Waals surface area contributed by atoms with Gasteiger partial charge in [-0.15, -0.1) is 0 Å². The molecule has 0 rings (SSSR count). The molecular formula is H2InN3. The Morgan fingerprint density at radius 1 is 2.00 bits per heavy atom. The summed E-state index contributed by atoms with van der Waals surface area (Å²) in [4.78, 5) is 2.45. The number of hydrogen-bond donors (Lipinski definition) is 0. The van der Waals surface area contributed by atoms with Crippen LogP contribution < -0.4 is 0 Å². The summed E-state index contributed by atoms with van der Waals surface area (Å²) in [5.41, 5.74) is 7.39. The molecule has 0 atom stereocenters. The van der Waals surface area contributed by atoms with E-state index in [-0.39, 0.29) is 24.7 Å². The molecule has 0 unspecified atom stereocenters. The van der Waals surface area contributed by atoms with Crippen LogP contribution in [0.2, 0.25) is 0 Å². The van der Waals surface area contributed by atoms with Crippen molar-refractivity contribution in [2.45, 2.75) is 0 Å². The molecule has 0 aromatic heterocycles. The van der Waals surface area contributed by atoms with Crippen LogP contribution in [0.1, 0.15) is 0 Å². The molecule has 0 aliphatic rings. The van der Waals surface area contributed by atoms with Crippen molar-refractivity contribution in [1.82, 2.24) is 0 Å². The van der Waals surface area contributed by atoms with Crippen molar-refractivity contribution in [2.75, 3.05) is 0 Å². The fraction of sp³-hybridized carbons (Fsp3) is 0. The van der Waals surface area contributed by atoms with Crippen molar-refractivity contribution in [3.05, 3.63) is 10.4 Å². The van der Waals surface area contributed by atoms with Crippen LogP contribution in [0.5, 0.6) is 0 Å². The van der Waals surface area contributed by atoms with Crippen LogP contribution in [-0.2, 0) is 0 Å². The van der Waals surface area contributed by atoms with Crippen molar-refractivity contribution < 1.29 is 0 Å². The van der Waals surface area contributed by atoms with Crippen LogP contribution >= 0.6 is 0 Å². The number of nitrogens with zero attached hydrogens (tertiary/aromatic N) is 3. The Kier molecular flexibility index (Phi) is 3.32. The van der Waals surface area contributed by atoms with Crippen molar-refractivity contribution in [3.63, 3.8) is 0 Å². The van der Waals surface area contributed by atoms with Gasteiger partial charge in [0.2, 0.25) is 0 Å². The monoisotopic (exact) mass is 159 g/mol. The quantitative estimate of drug-likeness (QED) is 0.268. The van der Waals surface area contributed by atoms with Gasteiger partial charge < -0.3 is 0 Å². The van der Waals surface area contributed by atoms with E-state index in [4.69, 9.17) is 5.53 Å². The van der Waals surface area contributed by atoms with Gasteiger partial charge in [-0.25, -0.2) is 0 Å². The van der Waals surface area contributed by atoms with E-state index in [0.29, 0.717) is 0 Å². The van der Waals surface area contributed by atoms with Crippen molar-refractivity contribution in [2.24, 2.45) is 3.10 Å². The van der Waals surface area contributed by atoms with E-state index in [0.717, 1.165) is 0 Å². The first-order valence-electron chi connectivity index (χ1n) is 0.847. The predicted molar refractivity (Wildman–Crippen MR) is 17.7 cm³/mol. The summed E-state index contributed by atoms with van der Waals surface area (Å²) in [6.45, 7) is 0. The third-order valence-electron chi connectivity index (χ3n) is 0.0894. The Hall–Kier alpha value is 0.180. The molecule has 0 spiro atoms. The van der Waals surface area contributed by atoms with E-state index in [9.17, 15) is 0 Å². The normalized spacial score (nSPS) is 4.00. The Bertz CT molecular complexity index is 41.2. The number of hydrogen-bond acceptors (Lipinski definition) is 1. The van der Waals surface area contributed by atoms with Gasteiger partial charge in [0.15, 0.2) is 0 Å². The van der Waals surface area contributed by atoms with Gasteiger partial charge >= 0.3 is 38.2 Å². The minimum absolute atomic E-state index is 0.193. The summed E-state index contributed by atoms with van der Waals surface area (Å²) >= 11 is 0.193. The Morgan fingerprint density at radius 3 is 2.25 bits per heavy atom. The van der Waals surface area contributed by atoms with E-state index in [1.165, 1.54) is 0 Å². The molecule has 4 heteroatoms. The molecule has 0 heterocycles. The van der Waals surface area contributed by atoms with E-state index in [2.05, 4.69) is 8.01 Å². The van der Waals surface area contributed by atoms with Crippen LogP contribution in [0.4, 0.5) is 0 Å². The second-order valence-corrected chi connectivity index (χ2v) is 1.43. The zero-order valence-electron chi connectivity index (χ0n) is 2.34. The molecular weight excluding hydrogens is 157 g/mol. The SMILES string of the molecule is [N-]=[N+]=[N][InH2]. The van der Waals surface area contributed by atoms with Crippen LogP contribution in [0.3, 0.4) is 0 Å². The van der Waals surface area contributed by atoms with Crippen LogP contribution in [0, 0.1) is 0 Å². The van der Waals surface area contributed by atoms with Gasteiger partial charge in [0, 0.05) is 0 Å². The summed E-state index contributed by atoms with van der Waals surface area (Å²) < 4.78 is 3.13. The maximum absolute atomic E-state index is 7.39. The minimum atomic E-state index is 0.193. The molecule has 0 saturated heterocycles. The molecule has 4 heavy (non-hydrogen) atoms. The second-order valence-electron chi connectivity index (χ2n) is 0.289. The van der Waals surface area contributed by atoms with Crippen LogP contribution in [0.15, 0.2) is 3.10 Å². The zero-order chi connectivity index (χ0) is 3.41. The molecule has 0 aliphatic carbocycles. The van der Waals surface area contributed by atoms with Crippen molar-refractivity contribution in [1.29, 1.82) is 0 Å². The van der Waals surface area contributed by atoms with E-state index in [1.807, 2.05) is 0 Å². The molecule has 0 aromatic carbocycles. The average Bonchev–Trinajstić information content (AvgIpc) is 1.37. The molecule has 0 aromatic rings. The molecule has 0 saturated carbocycles. The number of rotatable bonds is 0. The van der Waals surface area contributed by atoms with Gasteiger partial charge in [-0.1, -0.05) is 0 Å². The summed E-state index contributed by atoms with van der Waals surface area (Å²) in [6.07, 6.45) is 0. The van der Waals surface area contributed by atoms with E-state index >= 15 is 0 Å². The maximum atomic E-state index is 7.39. The van der Waals surface area contributed by atoms with E-state index < -0.39 is 0 Å². The topological polar surface area (TPSA) is 48.8 Å². The molecule has 0 N–H and O–H groups in total. The van der Waals surface area contributed by atoms with Crippen molar-refractivity contribution >= 4 is 24.7 Å². The molecule has 0 fully saturated rings. The van der Waals surface area contributed by atoms with Crippen molar-refractivity contribution in [3.8, 4) is 0 Å². The first kappa shape index (κ1) is 4.18. The standard InChI is InChI=1S/In.N3.2H/c;1-3-2;;/q+1;-1;;. The van der Waals surface area contributed by atoms with Gasteiger partial charge in [-0.2, -0.15) is 0 Å². The third kappa shape index (κ3) is 2.18. The molecule has 3 nitrogen and oxygen atoms in total. The van der Waals surface area contributed by atoms with Gasteiger partial charge in [0.05, 0.1) is 0 Å². The molecule has 0 amide bonds. The first-order valence-corrected chi connectivity index (χ1v) is 3.40. The third-order valence-corrected chi connectivity index (χ3v) is 0.600. The molecule has 0 bridgehead atoms. The average molecular weight is 159 g/mol. The zero-order valence-corrected chi connectivity index (χ0v) is 8.05. The Morgan fingerprint density at radius 2 is 2.25 bits per heavy atom. The van der Waals surface area contributed by atoms with Gasteiger partial charge in [-0.3, -0.25) is 0 Å². The Balaban J connectivity index is 3.11. The molecule has 0 radical (unpaired) electrons. The fourth-order valence-electron chi connectivity index (χ4n) is 0. The summed E-state index contributed by atoms with van der Waals surface area (Å²) in [7, 11) is 0. The van der Waals surface area contributed by atoms with E-state index in [1.54, 1.807) is 0 Å². The summed E-state index contributed by atoms with van der Waals surface area (Å²) in [5.74, 6) is 0. The summed E-state index contributed by atoms with van der Waals surface area (Å²) in [5, 5.41) is 0. The van der Waals surface area contributed by atoms with Crippen LogP contribution in [0.25, 0.3) is 10.4 Å². The predicted octanol–water partition coefficient (Wildman–Crippen LogP) is -0.155. The Labute approximate surface area is 38.6 Å². The van der Waals surface area contributed by atoms with Crippen LogP contribution in [-0.4, -0.2) is 24.7 Å². The van der Waals surface area contributed by atoms with Gasteiger partial charge in [0.25, 0.3) is 0 Å². The molecule has 20 valence electrons. The molecule has 0 aliphatic heterocycles. The number of azide groups is 1. The van der Waals surface area contributed by atoms with Gasteiger partial charge in [0.1, 0.15) is 0 Å². The van der Waals surface area contributed by atoms with Gasteiger partial charge in [-0.05, 0) is 0 Å². The second kappa shape index (κ2) is 3.18. The first-order chi connectivity index (χ1) is 1.91. The fourth-order valence-corrected chi connectivity index (χ4v) is 0. The summed E-state index contributed by atoms with van der Waals surface area (Å²) in [6, 6.07) is 0.